The van der Waals surface area contributed by atoms with Gasteiger partial charge in [-0.1, -0.05) is 30.3 Å². The molecule has 0 saturated carbocycles. The van der Waals surface area contributed by atoms with Gasteiger partial charge in [0, 0.05) is 33.9 Å². The third-order valence-electron chi connectivity index (χ3n) is 3.81. The van der Waals surface area contributed by atoms with E-state index in [4.69, 9.17) is 18.9 Å². The quantitative estimate of drug-likeness (QED) is 0.719. The molecule has 1 amide bonds. The van der Waals surface area contributed by atoms with Crippen molar-refractivity contribution >= 4 is 6.09 Å². The first-order valence-corrected chi connectivity index (χ1v) is 8.06. The van der Waals surface area contributed by atoms with Crippen molar-refractivity contribution in [2.45, 2.75) is 19.0 Å². The second-order valence-electron chi connectivity index (χ2n) is 5.54. The Balaban J connectivity index is 1.70. The Bertz CT molecular complexity index is 481. The van der Waals surface area contributed by atoms with Gasteiger partial charge in [-0.25, -0.2) is 4.79 Å². The van der Waals surface area contributed by atoms with E-state index in [-0.39, 0.29) is 25.1 Å². The Morgan fingerprint density at radius 2 is 2.08 bits per heavy atom. The number of nitrogens with one attached hydrogen (secondary N) is 1. The summed E-state index contributed by atoms with van der Waals surface area (Å²) in [6, 6.07) is 9.64. The number of amides is 1. The van der Waals surface area contributed by atoms with Gasteiger partial charge >= 0.3 is 6.09 Å². The number of nitrogens with zero attached hydrogens (tertiary/aromatic N) is 1. The van der Waals surface area contributed by atoms with Gasteiger partial charge in [-0.3, -0.25) is 0 Å². The number of hydrogen-bond acceptors (Lipinski definition) is 6. The molecule has 0 aromatic heterocycles. The average Bonchev–Trinajstić information content (AvgIpc) is 2.64. The number of morpholine rings is 1. The van der Waals surface area contributed by atoms with Gasteiger partial charge in [-0.2, -0.15) is 0 Å². The summed E-state index contributed by atoms with van der Waals surface area (Å²) in [5, 5.41) is 3.22. The number of benzene rings is 1. The number of carbonyl (C=O) groups is 1. The molecule has 134 valence electrons. The fourth-order valence-electron chi connectivity index (χ4n) is 2.44. The lowest BCUT2D eigenvalue weighted by Crippen LogP contribution is -2.49. The van der Waals surface area contributed by atoms with Gasteiger partial charge in [-0.05, 0) is 5.56 Å². The molecule has 0 spiro atoms. The van der Waals surface area contributed by atoms with E-state index < -0.39 is 0 Å². The topological polar surface area (TPSA) is 69.3 Å². The van der Waals surface area contributed by atoms with E-state index in [1.807, 2.05) is 30.3 Å². The van der Waals surface area contributed by atoms with Crippen molar-refractivity contribution in [3.05, 3.63) is 35.9 Å². The van der Waals surface area contributed by atoms with E-state index in [1.54, 1.807) is 19.1 Å². The molecule has 1 aliphatic rings. The highest BCUT2D eigenvalue weighted by Crippen LogP contribution is 2.08. The molecule has 0 radical (unpaired) electrons. The zero-order valence-electron chi connectivity index (χ0n) is 14.3. The summed E-state index contributed by atoms with van der Waals surface area (Å²) in [5.41, 5.74) is 0.975. The molecule has 1 N–H and O–H groups in total. The molecular formula is C17H26N2O5. The molecule has 1 heterocycles. The van der Waals surface area contributed by atoms with Gasteiger partial charge < -0.3 is 29.2 Å². The van der Waals surface area contributed by atoms with E-state index in [2.05, 4.69) is 5.32 Å². The van der Waals surface area contributed by atoms with Crippen molar-refractivity contribution in [3.8, 4) is 0 Å². The number of carbonyl (C=O) groups excluding carboxylic acids is 1. The van der Waals surface area contributed by atoms with E-state index >= 15 is 0 Å². The summed E-state index contributed by atoms with van der Waals surface area (Å²) in [4.78, 5) is 13.9. The van der Waals surface area contributed by atoms with Crippen molar-refractivity contribution in [3.63, 3.8) is 0 Å². The monoisotopic (exact) mass is 338 g/mol. The summed E-state index contributed by atoms with van der Waals surface area (Å²) in [6.07, 6.45) is -0.670. The maximum atomic E-state index is 12.2. The van der Waals surface area contributed by atoms with Crippen LogP contribution in [0.4, 0.5) is 4.79 Å². The summed E-state index contributed by atoms with van der Waals surface area (Å²) in [5.74, 6) is 0. The van der Waals surface area contributed by atoms with Crippen LogP contribution in [0.25, 0.3) is 0 Å². The molecule has 1 aliphatic heterocycles. The van der Waals surface area contributed by atoms with Gasteiger partial charge in [0.15, 0.2) is 6.29 Å². The standard InChI is InChI=1S/C17H26N2O5/c1-21-16(22-2)11-18-10-15-12-19(8-9-23-15)17(20)24-13-14-6-4-3-5-7-14/h3-7,15-16,18H,8-13H2,1-2H3. The Morgan fingerprint density at radius 3 is 2.79 bits per heavy atom. The van der Waals surface area contributed by atoms with Crippen LogP contribution in [0.3, 0.4) is 0 Å². The first-order valence-electron chi connectivity index (χ1n) is 8.06. The highest BCUT2D eigenvalue weighted by molar-refractivity contribution is 5.67. The number of ether oxygens (including phenoxy) is 4. The van der Waals surface area contributed by atoms with Crippen LogP contribution in [0.1, 0.15) is 5.56 Å². The molecule has 0 aliphatic carbocycles. The van der Waals surface area contributed by atoms with Crippen molar-refractivity contribution in [2.24, 2.45) is 0 Å². The first kappa shape index (κ1) is 18.7. The largest absolute Gasteiger partial charge is 0.445 e. The summed E-state index contributed by atoms with van der Waals surface area (Å²) in [7, 11) is 3.19. The highest BCUT2D eigenvalue weighted by atomic mass is 16.7. The third-order valence-corrected chi connectivity index (χ3v) is 3.81. The van der Waals surface area contributed by atoms with Crippen molar-refractivity contribution in [2.75, 3.05) is 47.0 Å². The molecule has 24 heavy (non-hydrogen) atoms. The molecule has 1 unspecified atom stereocenters. The van der Waals surface area contributed by atoms with E-state index in [0.29, 0.717) is 32.8 Å². The van der Waals surface area contributed by atoms with Crippen LogP contribution in [0.5, 0.6) is 0 Å². The van der Waals surface area contributed by atoms with Gasteiger partial charge in [0.1, 0.15) is 6.61 Å². The highest BCUT2D eigenvalue weighted by Gasteiger charge is 2.25. The lowest BCUT2D eigenvalue weighted by atomic mass is 10.2. The van der Waals surface area contributed by atoms with Crippen LogP contribution < -0.4 is 5.32 Å². The Morgan fingerprint density at radius 1 is 1.33 bits per heavy atom. The fourth-order valence-corrected chi connectivity index (χ4v) is 2.44. The second kappa shape index (κ2) is 10.2. The fraction of sp³-hybridized carbons (Fsp3) is 0.588. The normalized spacial score (nSPS) is 18.0. The number of rotatable bonds is 8. The third kappa shape index (κ3) is 6.09. The summed E-state index contributed by atoms with van der Waals surface area (Å²) < 4.78 is 21.3. The average molecular weight is 338 g/mol. The molecule has 1 fully saturated rings. The maximum absolute atomic E-state index is 12.2. The van der Waals surface area contributed by atoms with Gasteiger partial charge in [0.2, 0.25) is 0 Å². The summed E-state index contributed by atoms with van der Waals surface area (Å²) in [6.45, 7) is 3.01. The predicted octanol–water partition coefficient (Wildman–Crippen LogP) is 1.23. The predicted molar refractivity (Wildman–Crippen MR) is 88.6 cm³/mol. The Labute approximate surface area is 142 Å². The molecule has 2 rings (SSSR count). The minimum Gasteiger partial charge on any atom is -0.445 e. The van der Waals surface area contributed by atoms with Crippen LogP contribution in [0.15, 0.2) is 30.3 Å². The summed E-state index contributed by atoms with van der Waals surface area (Å²) >= 11 is 0. The van der Waals surface area contributed by atoms with Gasteiger partial charge in [-0.15, -0.1) is 0 Å². The molecule has 1 aromatic carbocycles. The minimum atomic E-state index is -0.307. The van der Waals surface area contributed by atoms with Crippen molar-refractivity contribution in [1.82, 2.24) is 10.2 Å². The number of methoxy groups -OCH3 is 2. The molecular weight excluding hydrogens is 312 g/mol. The zero-order valence-corrected chi connectivity index (χ0v) is 14.3. The number of hydrogen-bond donors (Lipinski definition) is 1. The second-order valence-corrected chi connectivity index (χ2v) is 5.54. The molecule has 7 heteroatoms. The SMILES string of the molecule is COC(CNCC1CN(C(=O)OCc2ccccc2)CCO1)OC. The lowest BCUT2D eigenvalue weighted by molar-refractivity contribution is -0.101. The lowest BCUT2D eigenvalue weighted by Gasteiger charge is -2.32. The molecule has 1 atom stereocenters. The molecule has 7 nitrogen and oxygen atoms in total. The van der Waals surface area contributed by atoms with E-state index in [9.17, 15) is 4.79 Å². The van der Waals surface area contributed by atoms with Crippen molar-refractivity contribution in [1.29, 1.82) is 0 Å². The Kier molecular flexibility index (Phi) is 7.97. The first-order chi connectivity index (χ1) is 11.7. The Hall–Kier alpha value is -1.67. The van der Waals surface area contributed by atoms with Gasteiger partial charge in [0.25, 0.3) is 0 Å². The van der Waals surface area contributed by atoms with Crippen LogP contribution in [-0.4, -0.2) is 70.4 Å². The smallest absolute Gasteiger partial charge is 0.410 e. The van der Waals surface area contributed by atoms with E-state index in [0.717, 1.165) is 5.56 Å². The molecule has 1 saturated heterocycles. The van der Waals surface area contributed by atoms with Crippen LogP contribution >= 0.6 is 0 Å². The van der Waals surface area contributed by atoms with E-state index in [1.165, 1.54) is 0 Å². The maximum Gasteiger partial charge on any atom is 0.410 e. The van der Waals surface area contributed by atoms with Crippen molar-refractivity contribution < 1.29 is 23.7 Å². The van der Waals surface area contributed by atoms with Crippen LogP contribution in [0, 0.1) is 0 Å². The molecule has 1 aromatic rings. The van der Waals surface area contributed by atoms with Gasteiger partial charge in [0.05, 0.1) is 19.3 Å². The van der Waals surface area contributed by atoms with Crippen LogP contribution in [0.2, 0.25) is 0 Å². The minimum absolute atomic E-state index is 0.0719. The van der Waals surface area contributed by atoms with Crippen LogP contribution in [-0.2, 0) is 25.6 Å². The zero-order chi connectivity index (χ0) is 17.2. The molecule has 0 bridgehead atoms.